The molecule has 1 aromatic carbocycles. The van der Waals surface area contributed by atoms with Crippen molar-refractivity contribution in [2.75, 3.05) is 26.3 Å². The highest BCUT2D eigenvalue weighted by molar-refractivity contribution is 5.75. The lowest BCUT2D eigenvalue weighted by molar-refractivity contribution is -0.274. The second-order valence-corrected chi connectivity index (χ2v) is 4.51. The van der Waals surface area contributed by atoms with Gasteiger partial charge in [-0.25, -0.2) is 0 Å². The monoisotopic (exact) mass is 305 g/mol. The van der Waals surface area contributed by atoms with Gasteiger partial charge in [0.15, 0.2) is 0 Å². The molecule has 1 aliphatic rings. The second kappa shape index (κ2) is 6.31. The van der Waals surface area contributed by atoms with Gasteiger partial charge in [-0.05, 0) is 17.7 Å². The number of nitrogens with zero attached hydrogens (tertiary/aromatic N) is 1. The van der Waals surface area contributed by atoms with Crippen LogP contribution >= 0.6 is 0 Å². The molecule has 0 aliphatic carbocycles. The van der Waals surface area contributed by atoms with Crippen molar-refractivity contribution in [1.29, 1.82) is 0 Å². The minimum absolute atomic E-state index is 0.377. The first-order chi connectivity index (χ1) is 9.87. The van der Waals surface area contributed by atoms with Crippen molar-refractivity contribution in [1.82, 2.24) is 4.90 Å². The number of carboxylic acids is 1. The van der Waals surface area contributed by atoms with E-state index in [0.717, 1.165) is 12.1 Å². The molecule has 0 saturated carbocycles. The van der Waals surface area contributed by atoms with E-state index in [1.54, 1.807) is 4.90 Å². The molecule has 21 heavy (non-hydrogen) atoms. The number of halogens is 3. The first-order valence-corrected chi connectivity index (χ1v) is 6.27. The molecule has 2 rings (SSSR count). The number of rotatable bonds is 4. The molecule has 0 radical (unpaired) electrons. The zero-order valence-electron chi connectivity index (χ0n) is 11.0. The fourth-order valence-corrected chi connectivity index (χ4v) is 2.20. The average molecular weight is 305 g/mol. The molecule has 116 valence electrons. The first-order valence-electron chi connectivity index (χ1n) is 6.27. The van der Waals surface area contributed by atoms with Crippen LogP contribution in [0.2, 0.25) is 0 Å². The van der Waals surface area contributed by atoms with Crippen molar-refractivity contribution < 1.29 is 32.5 Å². The van der Waals surface area contributed by atoms with Gasteiger partial charge in [0.1, 0.15) is 11.8 Å². The summed E-state index contributed by atoms with van der Waals surface area (Å²) in [6.45, 7) is 1.77. The Morgan fingerprint density at radius 3 is 2.29 bits per heavy atom. The molecule has 1 heterocycles. The van der Waals surface area contributed by atoms with E-state index in [1.165, 1.54) is 12.1 Å². The summed E-state index contributed by atoms with van der Waals surface area (Å²) in [5.41, 5.74) is 0.402. The second-order valence-electron chi connectivity index (χ2n) is 4.51. The molecular formula is C13H14F3NO4. The summed E-state index contributed by atoms with van der Waals surface area (Å²) in [5.74, 6) is -1.43. The van der Waals surface area contributed by atoms with Crippen LogP contribution in [-0.4, -0.2) is 48.6 Å². The van der Waals surface area contributed by atoms with Gasteiger partial charge >= 0.3 is 12.3 Å². The molecule has 1 aromatic rings. The molecule has 1 fully saturated rings. The number of aliphatic carboxylic acids is 1. The van der Waals surface area contributed by atoms with Crippen LogP contribution in [0.4, 0.5) is 13.2 Å². The third-order valence-corrected chi connectivity index (χ3v) is 3.07. The van der Waals surface area contributed by atoms with E-state index in [1.807, 2.05) is 0 Å². The topological polar surface area (TPSA) is 59.0 Å². The van der Waals surface area contributed by atoms with Crippen molar-refractivity contribution in [3.05, 3.63) is 29.8 Å². The summed E-state index contributed by atoms with van der Waals surface area (Å²) in [4.78, 5) is 13.1. The summed E-state index contributed by atoms with van der Waals surface area (Å²) in [7, 11) is 0. The van der Waals surface area contributed by atoms with Crippen LogP contribution in [0.1, 0.15) is 11.6 Å². The van der Waals surface area contributed by atoms with Crippen molar-refractivity contribution in [2.45, 2.75) is 12.4 Å². The maximum Gasteiger partial charge on any atom is 0.573 e. The van der Waals surface area contributed by atoms with E-state index >= 15 is 0 Å². The van der Waals surface area contributed by atoms with Crippen molar-refractivity contribution in [2.24, 2.45) is 0 Å². The minimum atomic E-state index is -4.77. The predicted molar refractivity (Wildman–Crippen MR) is 65.9 cm³/mol. The lowest BCUT2D eigenvalue weighted by atomic mass is 10.0. The molecule has 1 saturated heterocycles. The Bertz CT molecular complexity index is 483. The molecule has 1 atom stereocenters. The highest BCUT2D eigenvalue weighted by atomic mass is 19.4. The van der Waals surface area contributed by atoms with Gasteiger partial charge < -0.3 is 14.6 Å². The fourth-order valence-electron chi connectivity index (χ4n) is 2.20. The molecule has 8 heteroatoms. The number of morpholine rings is 1. The molecule has 0 bridgehead atoms. The smallest absolute Gasteiger partial charge is 0.480 e. The summed E-state index contributed by atoms with van der Waals surface area (Å²) < 4.78 is 45.2. The Morgan fingerprint density at radius 1 is 1.24 bits per heavy atom. The van der Waals surface area contributed by atoms with Crippen LogP contribution in [-0.2, 0) is 9.53 Å². The van der Waals surface area contributed by atoms with Crippen LogP contribution in [0.15, 0.2) is 24.3 Å². The Labute approximate surface area is 118 Å². The maximum atomic E-state index is 12.1. The van der Waals surface area contributed by atoms with Crippen LogP contribution in [0, 0.1) is 0 Å². The molecular weight excluding hydrogens is 291 g/mol. The Balaban J connectivity index is 2.15. The van der Waals surface area contributed by atoms with Crippen molar-refractivity contribution in [3.8, 4) is 5.75 Å². The van der Waals surface area contributed by atoms with E-state index in [-0.39, 0.29) is 5.75 Å². The summed E-state index contributed by atoms with van der Waals surface area (Å²) in [6.07, 6.45) is -4.77. The van der Waals surface area contributed by atoms with Crippen LogP contribution in [0.25, 0.3) is 0 Å². The molecule has 0 aromatic heterocycles. The fraction of sp³-hybridized carbons (Fsp3) is 0.462. The first kappa shape index (κ1) is 15.6. The number of hydrogen-bond donors (Lipinski definition) is 1. The molecule has 0 unspecified atom stereocenters. The molecule has 0 spiro atoms. The number of ether oxygens (including phenoxy) is 2. The average Bonchev–Trinajstić information content (AvgIpc) is 2.40. The number of benzene rings is 1. The van der Waals surface area contributed by atoms with Crippen LogP contribution < -0.4 is 4.74 Å². The van der Waals surface area contributed by atoms with Gasteiger partial charge in [0.2, 0.25) is 0 Å². The third-order valence-electron chi connectivity index (χ3n) is 3.07. The predicted octanol–water partition coefficient (Wildman–Crippen LogP) is 2.04. The normalized spacial score (nSPS) is 18.2. The highest BCUT2D eigenvalue weighted by Crippen LogP contribution is 2.27. The van der Waals surface area contributed by atoms with E-state index in [9.17, 15) is 23.1 Å². The standard InChI is InChI=1S/C13H14F3NO4/c14-13(15,16)21-10-3-1-9(2-4-10)11(12(18)19)17-5-7-20-8-6-17/h1-4,11H,5-8H2,(H,18,19)/t11-/m1/s1. The molecule has 1 N–H and O–H groups in total. The lowest BCUT2D eigenvalue weighted by Gasteiger charge is -2.32. The third kappa shape index (κ3) is 4.33. The van der Waals surface area contributed by atoms with Crippen LogP contribution in [0.5, 0.6) is 5.75 Å². The van der Waals surface area contributed by atoms with Gasteiger partial charge in [0.25, 0.3) is 0 Å². The Morgan fingerprint density at radius 2 is 1.81 bits per heavy atom. The van der Waals surface area contributed by atoms with Gasteiger partial charge in [-0.1, -0.05) is 12.1 Å². The lowest BCUT2D eigenvalue weighted by Crippen LogP contribution is -2.42. The van der Waals surface area contributed by atoms with Gasteiger partial charge in [0, 0.05) is 13.1 Å². The Kier molecular flexibility index (Phi) is 4.69. The SMILES string of the molecule is O=C(O)[C@@H](c1ccc(OC(F)(F)F)cc1)N1CCOCC1. The van der Waals surface area contributed by atoms with Gasteiger partial charge in [-0.3, -0.25) is 9.69 Å². The maximum absolute atomic E-state index is 12.1. The quantitative estimate of drug-likeness (QED) is 0.922. The molecule has 1 aliphatic heterocycles. The zero-order chi connectivity index (χ0) is 15.5. The van der Waals surface area contributed by atoms with Gasteiger partial charge in [0.05, 0.1) is 13.2 Å². The van der Waals surface area contributed by atoms with Gasteiger partial charge in [-0.2, -0.15) is 0 Å². The number of carbonyl (C=O) groups is 1. The highest BCUT2D eigenvalue weighted by Gasteiger charge is 2.32. The number of carboxylic acid groups (broad SMARTS) is 1. The van der Waals surface area contributed by atoms with Crippen molar-refractivity contribution in [3.63, 3.8) is 0 Å². The van der Waals surface area contributed by atoms with E-state index in [2.05, 4.69) is 4.74 Å². The molecule has 0 amide bonds. The Hall–Kier alpha value is -1.80. The minimum Gasteiger partial charge on any atom is -0.480 e. The van der Waals surface area contributed by atoms with E-state index in [0.29, 0.717) is 31.9 Å². The van der Waals surface area contributed by atoms with Gasteiger partial charge in [-0.15, -0.1) is 13.2 Å². The summed E-state index contributed by atoms with van der Waals surface area (Å²) >= 11 is 0. The van der Waals surface area contributed by atoms with E-state index < -0.39 is 18.4 Å². The van der Waals surface area contributed by atoms with E-state index in [4.69, 9.17) is 4.74 Å². The molecule has 5 nitrogen and oxygen atoms in total. The number of alkyl halides is 3. The number of hydrogen-bond acceptors (Lipinski definition) is 4. The summed E-state index contributed by atoms with van der Waals surface area (Å²) in [6, 6.07) is 3.97. The largest absolute Gasteiger partial charge is 0.573 e. The summed E-state index contributed by atoms with van der Waals surface area (Å²) in [5, 5.41) is 9.34. The van der Waals surface area contributed by atoms with Crippen molar-refractivity contribution >= 4 is 5.97 Å². The van der Waals surface area contributed by atoms with Crippen LogP contribution in [0.3, 0.4) is 0 Å². The zero-order valence-corrected chi connectivity index (χ0v) is 11.0.